The van der Waals surface area contributed by atoms with Gasteiger partial charge in [-0.2, -0.15) is 0 Å². The summed E-state index contributed by atoms with van der Waals surface area (Å²) in [6, 6.07) is -0.295. The molecule has 0 bridgehead atoms. The number of carbonyl (C=O) groups excluding carboxylic acids is 1. The summed E-state index contributed by atoms with van der Waals surface area (Å²) in [6.45, 7) is 7.30. The van der Waals surface area contributed by atoms with Crippen LogP contribution in [0.2, 0.25) is 0 Å². The molecule has 0 aliphatic rings. The molecule has 3 N–H and O–H groups in total. The second-order valence-electron chi connectivity index (χ2n) is 4.99. The zero-order valence-corrected chi connectivity index (χ0v) is 12.1. The van der Waals surface area contributed by atoms with Gasteiger partial charge in [-0.1, -0.05) is 13.3 Å². The Labute approximate surface area is 110 Å². The zero-order chi connectivity index (χ0) is 14.0. The van der Waals surface area contributed by atoms with E-state index in [1.165, 1.54) is 0 Å². The first-order valence-corrected chi connectivity index (χ1v) is 6.65. The van der Waals surface area contributed by atoms with Gasteiger partial charge in [-0.25, -0.2) is 0 Å². The van der Waals surface area contributed by atoms with E-state index in [1.54, 1.807) is 21.0 Å². The van der Waals surface area contributed by atoms with Gasteiger partial charge in [-0.05, 0) is 26.7 Å². The van der Waals surface area contributed by atoms with Crippen LogP contribution in [0.5, 0.6) is 0 Å². The normalized spacial score (nSPS) is 16.1. The van der Waals surface area contributed by atoms with E-state index >= 15 is 0 Å². The molecule has 5 heteroatoms. The molecule has 0 aliphatic heterocycles. The van der Waals surface area contributed by atoms with E-state index in [1.807, 2.05) is 6.92 Å². The number of aliphatic hydroxyl groups is 1. The molecule has 0 aromatic carbocycles. The quantitative estimate of drug-likeness (QED) is 0.505. The second-order valence-corrected chi connectivity index (χ2v) is 4.99. The van der Waals surface area contributed by atoms with E-state index in [4.69, 9.17) is 4.74 Å². The Balaban J connectivity index is 3.80. The van der Waals surface area contributed by atoms with Gasteiger partial charge in [-0.3, -0.25) is 4.79 Å². The van der Waals surface area contributed by atoms with Crippen molar-refractivity contribution in [1.82, 2.24) is 10.6 Å². The molecule has 0 saturated heterocycles. The van der Waals surface area contributed by atoms with E-state index in [-0.39, 0.29) is 11.9 Å². The van der Waals surface area contributed by atoms with Crippen molar-refractivity contribution in [2.75, 3.05) is 26.8 Å². The van der Waals surface area contributed by atoms with Crippen LogP contribution in [0.15, 0.2) is 0 Å². The van der Waals surface area contributed by atoms with Gasteiger partial charge in [-0.15, -0.1) is 0 Å². The van der Waals surface area contributed by atoms with E-state index in [0.29, 0.717) is 19.7 Å². The van der Waals surface area contributed by atoms with Crippen molar-refractivity contribution >= 4 is 5.91 Å². The van der Waals surface area contributed by atoms with Crippen LogP contribution in [0.25, 0.3) is 0 Å². The Hall–Kier alpha value is -0.650. The van der Waals surface area contributed by atoms with Crippen molar-refractivity contribution in [3.05, 3.63) is 0 Å². The van der Waals surface area contributed by atoms with Crippen molar-refractivity contribution in [3.8, 4) is 0 Å². The minimum Gasteiger partial charge on any atom is -0.389 e. The van der Waals surface area contributed by atoms with Crippen LogP contribution in [0.3, 0.4) is 0 Å². The highest BCUT2D eigenvalue weighted by molar-refractivity contribution is 5.81. The molecule has 0 aromatic rings. The SMILES string of the molecule is CCCC(C)(O)CNC(C)C(=O)NCCCOC. The molecule has 0 aliphatic carbocycles. The van der Waals surface area contributed by atoms with Crippen LogP contribution in [-0.2, 0) is 9.53 Å². The van der Waals surface area contributed by atoms with E-state index in [0.717, 1.165) is 19.3 Å². The summed E-state index contributed by atoms with van der Waals surface area (Å²) in [5.41, 5.74) is -0.751. The first-order valence-electron chi connectivity index (χ1n) is 6.65. The third kappa shape index (κ3) is 8.44. The lowest BCUT2D eigenvalue weighted by atomic mass is 10.0. The van der Waals surface area contributed by atoms with Crippen molar-refractivity contribution in [3.63, 3.8) is 0 Å². The molecule has 0 heterocycles. The Morgan fingerprint density at radius 2 is 2.17 bits per heavy atom. The van der Waals surface area contributed by atoms with Crippen LogP contribution in [0, 0.1) is 0 Å². The molecule has 0 aromatic heterocycles. The summed E-state index contributed by atoms with van der Waals surface area (Å²) in [5.74, 6) is -0.0431. The third-order valence-electron chi connectivity index (χ3n) is 2.80. The number of carbonyl (C=O) groups is 1. The summed E-state index contributed by atoms with van der Waals surface area (Å²) in [7, 11) is 1.64. The number of rotatable bonds is 10. The molecule has 18 heavy (non-hydrogen) atoms. The first kappa shape index (κ1) is 17.4. The Bertz CT molecular complexity index is 232. The van der Waals surface area contributed by atoms with Crippen LogP contribution in [0.1, 0.15) is 40.0 Å². The van der Waals surface area contributed by atoms with Crippen molar-refractivity contribution in [2.45, 2.75) is 51.7 Å². The molecule has 0 saturated carbocycles. The van der Waals surface area contributed by atoms with Crippen LogP contribution >= 0.6 is 0 Å². The highest BCUT2D eigenvalue weighted by Crippen LogP contribution is 2.10. The number of amides is 1. The predicted molar refractivity (Wildman–Crippen MR) is 72.5 cm³/mol. The fourth-order valence-corrected chi connectivity index (χ4v) is 1.67. The van der Waals surface area contributed by atoms with Crippen molar-refractivity contribution in [2.24, 2.45) is 0 Å². The Morgan fingerprint density at radius 3 is 2.72 bits per heavy atom. The molecule has 0 spiro atoms. The topological polar surface area (TPSA) is 70.6 Å². The average Bonchev–Trinajstić information content (AvgIpc) is 2.31. The molecular formula is C13H28N2O3. The van der Waals surface area contributed by atoms with Gasteiger partial charge < -0.3 is 20.5 Å². The van der Waals surface area contributed by atoms with E-state index < -0.39 is 5.60 Å². The summed E-state index contributed by atoms with van der Waals surface area (Å²) >= 11 is 0. The molecule has 0 fully saturated rings. The highest BCUT2D eigenvalue weighted by Gasteiger charge is 2.21. The molecule has 5 nitrogen and oxygen atoms in total. The molecule has 1 amide bonds. The van der Waals surface area contributed by atoms with Crippen LogP contribution in [-0.4, -0.2) is 49.5 Å². The minimum atomic E-state index is -0.751. The molecule has 2 atom stereocenters. The largest absolute Gasteiger partial charge is 0.389 e. The molecule has 108 valence electrons. The minimum absolute atomic E-state index is 0.0431. The fraction of sp³-hybridized carbons (Fsp3) is 0.923. The standard InChI is InChI=1S/C13H28N2O3/c1-5-7-13(3,17)10-15-11(2)12(16)14-8-6-9-18-4/h11,15,17H,5-10H2,1-4H3,(H,14,16). The van der Waals surface area contributed by atoms with Crippen molar-refractivity contribution < 1.29 is 14.6 Å². The Morgan fingerprint density at radius 1 is 1.50 bits per heavy atom. The molecule has 0 rings (SSSR count). The predicted octanol–water partition coefficient (Wildman–Crippen LogP) is 0.668. The van der Waals surface area contributed by atoms with Crippen LogP contribution in [0.4, 0.5) is 0 Å². The smallest absolute Gasteiger partial charge is 0.236 e. The number of hydrogen-bond donors (Lipinski definition) is 3. The van der Waals surface area contributed by atoms with Gasteiger partial charge in [0.2, 0.25) is 5.91 Å². The molecular weight excluding hydrogens is 232 g/mol. The van der Waals surface area contributed by atoms with E-state index in [2.05, 4.69) is 10.6 Å². The van der Waals surface area contributed by atoms with Crippen LogP contribution < -0.4 is 10.6 Å². The summed E-state index contributed by atoms with van der Waals surface area (Å²) < 4.78 is 4.90. The van der Waals surface area contributed by atoms with Gasteiger partial charge in [0.05, 0.1) is 11.6 Å². The van der Waals surface area contributed by atoms with Gasteiger partial charge in [0.25, 0.3) is 0 Å². The number of hydrogen-bond acceptors (Lipinski definition) is 4. The Kier molecular flexibility index (Phi) is 8.97. The lowest BCUT2D eigenvalue weighted by Crippen LogP contribution is -2.48. The number of methoxy groups -OCH3 is 1. The van der Waals surface area contributed by atoms with E-state index in [9.17, 15) is 9.90 Å². The highest BCUT2D eigenvalue weighted by atomic mass is 16.5. The second kappa shape index (κ2) is 9.30. The van der Waals surface area contributed by atoms with Crippen molar-refractivity contribution in [1.29, 1.82) is 0 Å². The lowest BCUT2D eigenvalue weighted by molar-refractivity contribution is -0.123. The lowest BCUT2D eigenvalue weighted by Gasteiger charge is -2.25. The third-order valence-corrected chi connectivity index (χ3v) is 2.80. The maximum Gasteiger partial charge on any atom is 0.236 e. The number of ether oxygens (including phenoxy) is 1. The fourth-order valence-electron chi connectivity index (χ4n) is 1.67. The maximum atomic E-state index is 11.7. The monoisotopic (exact) mass is 260 g/mol. The maximum absolute atomic E-state index is 11.7. The average molecular weight is 260 g/mol. The first-order chi connectivity index (χ1) is 8.43. The zero-order valence-electron chi connectivity index (χ0n) is 12.1. The summed E-state index contributed by atoms with van der Waals surface area (Å²) in [5, 5.41) is 15.9. The summed E-state index contributed by atoms with van der Waals surface area (Å²) in [4.78, 5) is 11.7. The van der Waals surface area contributed by atoms with Gasteiger partial charge >= 0.3 is 0 Å². The number of nitrogens with one attached hydrogen (secondary N) is 2. The molecule has 2 unspecified atom stereocenters. The van der Waals surface area contributed by atoms with Gasteiger partial charge in [0, 0.05) is 26.8 Å². The summed E-state index contributed by atoms with van der Waals surface area (Å²) in [6.07, 6.45) is 2.46. The van der Waals surface area contributed by atoms with Gasteiger partial charge in [0.1, 0.15) is 0 Å². The van der Waals surface area contributed by atoms with Gasteiger partial charge in [0.15, 0.2) is 0 Å². The molecule has 0 radical (unpaired) electrons.